The van der Waals surface area contributed by atoms with E-state index in [0.29, 0.717) is 17.2 Å². The van der Waals surface area contributed by atoms with Gasteiger partial charge in [-0.15, -0.1) is 0 Å². The zero-order valence-corrected chi connectivity index (χ0v) is 14.9. The van der Waals surface area contributed by atoms with E-state index in [1.165, 1.54) is 0 Å². The first kappa shape index (κ1) is 16.2. The molecule has 3 aromatic heterocycles. The van der Waals surface area contributed by atoms with Crippen molar-refractivity contribution >= 4 is 17.5 Å². The van der Waals surface area contributed by atoms with Crippen LogP contribution in [-0.4, -0.2) is 31.0 Å². The molecule has 136 valence electrons. The number of aromatic carboxylic acids is 1. The van der Waals surface area contributed by atoms with Crippen molar-refractivity contribution in [3.63, 3.8) is 0 Å². The third-order valence-electron chi connectivity index (χ3n) is 4.84. The van der Waals surface area contributed by atoms with Gasteiger partial charge in [-0.2, -0.15) is 0 Å². The molecule has 0 radical (unpaired) electrons. The van der Waals surface area contributed by atoms with E-state index in [4.69, 9.17) is 4.98 Å². The van der Waals surface area contributed by atoms with Gasteiger partial charge in [0, 0.05) is 29.1 Å². The van der Waals surface area contributed by atoms with Crippen molar-refractivity contribution in [1.29, 1.82) is 0 Å². The minimum absolute atomic E-state index is 0.284. The first-order valence-electron chi connectivity index (χ1n) is 8.73. The molecule has 4 heterocycles. The number of fused-ring (bicyclic) bond motifs is 5. The SMILES string of the molecule is Cc1cc(-c2nc3c([nH]2)-c2ccncc2Nc2ncccc2-3)ccc1C(=O)O. The standard InChI is InChI=1S/C21H15N5O2/c1-11-9-12(4-5-13(11)21(27)28)19-25-17-14-6-8-22-10-16(14)24-20-15(18(17)26-19)3-2-7-23-20/h2-10H,1H3,(H,23,24)(H,25,26)(H,27,28). The molecule has 1 aliphatic rings. The number of aromatic nitrogens is 4. The van der Waals surface area contributed by atoms with Crippen LogP contribution in [0.3, 0.4) is 0 Å². The van der Waals surface area contributed by atoms with Crippen molar-refractivity contribution in [1.82, 2.24) is 19.9 Å². The van der Waals surface area contributed by atoms with Gasteiger partial charge in [0.05, 0.1) is 23.1 Å². The van der Waals surface area contributed by atoms with Gasteiger partial charge in [-0.25, -0.2) is 14.8 Å². The zero-order valence-electron chi connectivity index (χ0n) is 14.9. The van der Waals surface area contributed by atoms with Crippen LogP contribution in [0.1, 0.15) is 15.9 Å². The molecule has 0 bridgehead atoms. The number of nitrogens with one attached hydrogen (secondary N) is 2. The molecule has 0 saturated carbocycles. The third-order valence-corrected chi connectivity index (χ3v) is 4.84. The summed E-state index contributed by atoms with van der Waals surface area (Å²) < 4.78 is 0. The second-order valence-electron chi connectivity index (χ2n) is 6.59. The van der Waals surface area contributed by atoms with Crippen LogP contribution in [0.4, 0.5) is 11.5 Å². The molecule has 0 spiro atoms. The van der Waals surface area contributed by atoms with Crippen LogP contribution in [-0.2, 0) is 0 Å². The number of H-pyrrole nitrogens is 1. The van der Waals surface area contributed by atoms with Gasteiger partial charge in [0.2, 0.25) is 0 Å². The van der Waals surface area contributed by atoms with E-state index in [1.54, 1.807) is 37.6 Å². The monoisotopic (exact) mass is 369 g/mol. The number of hydrogen-bond donors (Lipinski definition) is 3. The van der Waals surface area contributed by atoms with Gasteiger partial charge in [-0.05, 0) is 42.8 Å². The number of imidazole rings is 1. The first-order chi connectivity index (χ1) is 13.6. The Morgan fingerprint density at radius 3 is 2.82 bits per heavy atom. The van der Waals surface area contributed by atoms with E-state index in [9.17, 15) is 9.90 Å². The van der Waals surface area contributed by atoms with Crippen molar-refractivity contribution in [2.75, 3.05) is 5.32 Å². The number of rotatable bonds is 2. The van der Waals surface area contributed by atoms with Crippen LogP contribution in [0.15, 0.2) is 55.0 Å². The lowest BCUT2D eigenvalue weighted by molar-refractivity contribution is 0.0696. The van der Waals surface area contributed by atoms with Crippen LogP contribution in [0, 0.1) is 6.92 Å². The molecule has 3 N–H and O–H groups in total. The predicted molar refractivity (Wildman–Crippen MR) is 105 cm³/mol. The fraction of sp³-hybridized carbons (Fsp3) is 0.0476. The molecule has 28 heavy (non-hydrogen) atoms. The number of benzene rings is 1. The number of aromatic amines is 1. The van der Waals surface area contributed by atoms with Gasteiger partial charge in [0.15, 0.2) is 0 Å². The Hall–Kier alpha value is -4.00. The molecule has 0 fully saturated rings. The van der Waals surface area contributed by atoms with E-state index in [1.807, 2.05) is 24.3 Å². The molecule has 4 aromatic rings. The van der Waals surface area contributed by atoms with Gasteiger partial charge < -0.3 is 15.4 Å². The molecule has 0 saturated heterocycles. The number of anilines is 2. The summed E-state index contributed by atoms with van der Waals surface area (Å²) in [6, 6.07) is 11.0. The zero-order chi connectivity index (χ0) is 19.3. The average Bonchev–Trinajstić information content (AvgIpc) is 3.08. The minimum Gasteiger partial charge on any atom is -0.478 e. The van der Waals surface area contributed by atoms with E-state index >= 15 is 0 Å². The minimum atomic E-state index is -0.938. The van der Waals surface area contributed by atoms with Crippen molar-refractivity contribution < 1.29 is 9.90 Å². The van der Waals surface area contributed by atoms with Crippen LogP contribution in [0.2, 0.25) is 0 Å². The fourth-order valence-corrected chi connectivity index (χ4v) is 3.49. The molecule has 0 unspecified atom stereocenters. The summed E-state index contributed by atoms with van der Waals surface area (Å²) in [7, 11) is 0. The molecule has 0 aliphatic carbocycles. The fourth-order valence-electron chi connectivity index (χ4n) is 3.49. The normalized spacial score (nSPS) is 11.6. The van der Waals surface area contributed by atoms with E-state index < -0.39 is 5.97 Å². The smallest absolute Gasteiger partial charge is 0.335 e. The lowest BCUT2D eigenvalue weighted by atomic mass is 10.0. The average molecular weight is 369 g/mol. The summed E-state index contributed by atoms with van der Waals surface area (Å²) in [4.78, 5) is 28.2. The number of pyridine rings is 2. The maximum absolute atomic E-state index is 11.3. The van der Waals surface area contributed by atoms with Gasteiger partial charge in [-0.1, -0.05) is 6.07 Å². The van der Waals surface area contributed by atoms with Crippen molar-refractivity contribution in [2.24, 2.45) is 0 Å². The lowest BCUT2D eigenvalue weighted by Gasteiger charge is -2.08. The van der Waals surface area contributed by atoms with Gasteiger partial charge in [-0.3, -0.25) is 4.98 Å². The largest absolute Gasteiger partial charge is 0.478 e. The van der Waals surface area contributed by atoms with Crippen LogP contribution in [0.5, 0.6) is 0 Å². The number of carboxylic acid groups (broad SMARTS) is 1. The highest BCUT2D eigenvalue weighted by atomic mass is 16.4. The Morgan fingerprint density at radius 1 is 1.11 bits per heavy atom. The van der Waals surface area contributed by atoms with Crippen LogP contribution in [0.25, 0.3) is 33.9 Å². The summed E-state index contributed by atoms with van der Waals surface area (Å²) in [5.41, 5.74) is 6.12. The van der Waals surface area contributed by atoms with Crippen molar-refractivity contribution in [2.45, 2.75) is 6.92 Å². The second kappa shape index (κ2) is 6.02. The summed E-state index contributed by atoms with van der Waals surface area (Å²) in [6.45, 7) is 1.78. The molecule has 7 nitrogen and oxygen atoms in total. The maximum atomic E-state index is 11.3. The number of carboxylic acids is 1. The Labute approximate surface area is 160 Å². The lowest BCUT2D eigenvalue weighted by Crippen LogP contribution is -1.99. The number of carbonyl (C=O) groups is 1. The van der Waals surface area contributed by atoms with Crippen LogP contribution < -0.4 is 5.32 Å². The highest BCUT2D eigenvalue weighted by Gasteiger charge is 2.24. The Bertz CT molecular complexity index is 1180. The Balaban J connectivity index is 1.73. The van der Waals surface area contributed by atoms with E-state index in [0.717, 1.165) is 33.8 Å². The summed E-state index contributed by atoms with van der Waals surface area (Å²) >= 11 is 0. The molecule has 0 atom stereocenters. The molecule has 0 amide bonds. The molecular formula is C21H15N5O2. The van der Waals surface area contributed by atoms with Crippen molar-refractivity contribution in [3.8, 4) is 33.9 Å². The topological polar surface area (TPSA) is 104 Å². The maximum Gasteiger partial charge on any atom is 0.335 e. The summed E-state index contributed by atoms with van der Waals surface area (Å²) in [5.74, 6) is 0.447. The highest BCUT2D eigenvalue weighted by Crippen LogP contribution is 2.42. The van der Waals surface area contributed by atoms with E-state index in [-0.39, 0.29) is 5.56 Å². The van der Waals surface area contributed by atoms with Gasteiger partial charge in [0.25, 0.3) is 0 Å². The number of aryl methyl sites for hydroxylation is 1. The number of nitrogens with zero attached hydrogens (tertiary/aromatic N) is 3. The van der Waals surface area contributed by atoms with Crippen LogP contribution >= 0.6 is 0 Å². The summed E-state index contributed by atoms with van der Waals surface area (Å²) in [5, 5.41) is 12.6. The Morgan fingerprint density at radius 2 is 2.00 bits per heavy atom. The molecule has 5 rings (SSSR count). The quantitative estimate of drug-likeness (QED) is 0.429. The summed E-state index contributed by atoms with van der Waals surface area (Å²) in [6.07, 6.45) is 5.23. The van der Waals surface area contributed by atoms with E-state index in [2.05, 4.69) is 20.3 Å². The molecular weight excluding hydrogens is 354 g/mol. The molecule has 7 heteroatoms. The molecule has 1 aromatic carbocycles. The number of hydrogen-bond acceptors (Lipinski definition) is 5. The third kappa shape index (κ3) is 2.44. The first-order valence-corrected chi connectivity index (χ1v) is 8.73. The van der Waals surface area contributed by atoms with Gasteiger partial charge >= 0.3 is 5.97 Å². The Kier molecular flexibility index (Phi) is 3.48. The predicted octanol–water partition coefficient (Wildman–Crippen LogP) is 4.26. The molecule has 1 aliphatic heterocycles. The second-order valence-corrected chi connectivity index (χ2v) is 6.59. The highest BCUT2D eigenvalue weighted by molar-refractivity contribution is 5.95. The van der Waals surface area contributed by atoms with Crippen molar-refractivity contribution in [3.05, 3.63) is 66.1 Å². The van der Waals surface area contributed by atoms with Gasteiger partial charge in [0.1, 0.15) is 17.3 Å².